The van der Waals surface area contributed by atoms with Gasteiger partial charge in [0.15, 0.2) is 0 Å². The van der Waals surface area contributed by atoms with Crippen molar-refractivity contribution >= 4 is 21.7 Å². The minimum absolute atomic E-state index is 0.0104. The van der Waals surface area contributed by atoms with Crippen LogP contribution in [0, 0.1) is 6.92 Å². The van der Waals surface area contributed by atoms with E-state index in [1.54, 1.807) is 37.3 Å². The van der Waals surface area contributed by atoms with Gasteiger partial charge in [-0.15, -0.1) is 0 Å². The Morgan fingerprint density at radius 2 is 1.69 bits per heavy atom. The van der Waals surface area contributed by atoms with Crippen molar-refractivity contribution in [2.75, 3.05) is 37.8 Å². The van der Waals surface area contributed by atoms with Gasteiger partial charge >= 0.3 is 5.97 Å². The molecule has 0 aliphatic carbocycles. The van der Waals surface area contributed by atoms with Crippen LogP contribution < -0.4 is 9.04 Å². The molecule has 0 spiro atoms. The van der Waals surface area contributed by atoms with Crippen molar-refractivity contribution in [2.24, 2.45) is 0 Å². The molecule has 2 rings (SSSR count). The summed E-state index contributed by atoms with van der Waals surface area (Å²) in [5.41, 5.74) is 1.33. The average Bonchev–Trinajstić information content (AvgIpc) is 2.71. The minimum atomic E-state index is -3.86. The molecule has 0 bridgehead atoms. The second-order valence-corrected chi connectivity index (χ2v) is 8.18. The first-order chi connectivity index (χ1) is 13.8. The standard InChI is InChI=1S/C21H27NO6S/c1-5-26-13-14-28-21(23)20-15-19(12-7-16(20)3)29(24,25)22(4)17-8-10-18(11-9-17)27-6-2/h7-12,15H,5-6,13-14H2,1-4H3. The summed E-state index contributed by atoms with van der Waals surface area (Å²) in [5, 5.41) is 0. The number of rotatable bonds is 10. The number of hydrogen-bond acceptors (Lipinski definition) is 6. The van der Waals surface area contributed by atoms with Gasteiger partial charge in [0.2, 0.25) is 0 Å². The molecule has 0 heterocycles. The van der Waals surface area contributed by atoms with Crippen LogP contribution in [0.4, 0.5) is 5.69 Å². The zero-order chi connectivity index (χ0) is 21.4. The van der Waals surface area contributed by atoms with E-state index in [4.69, 9.17) is 14.2 Å². The summed E-state index contributed by atoms with van der Waals surface area (Å²) in [6, 6.07) is 11.2. The van der Waals surface area contributed by atoms with E-state index in [9.17, 15) is 13.2 Å². The van der Waals surface area contributed by atoms with Gasteiger partial charge in [-0.1, -0.05) is 6.07 Å². The van der Waals surface area contributed by atoms with Crippen molar-refractivity contribution < 1.29 is 27.4 Å². The average molecular weight is 422 g/mol. The molecule has 0 radical (unpaired) electrons. The molecule has 0 atom stereocenters. The largest absolute Gasteiger partial charge is 0.494 e. The maximum Gasteiger partial charge on any atom is 0.338 e. The fourth-order valence-electron chi connectivity index (χ4n) is 2.61. The Bertz CT molecular complexity index is 925. The van der Waals surface area contributed by atoms with Crippen molar-refractivity contribution in [3.05, 3.63) is 53.6 Å². The van der Waals surface area contributed by atoms with E-state index in [2.05, 4.69) is 0 Å². The number of hydrogen-bond donors (Lipinski definition) is 0. The highest BCUT2D eigenvalue weighted by Crippen LogP contribution is 2.26. The lowest BCUT2D eigenvalue weighted by atomic mass is 10.1. The number of anilines is 1. The third-order valence-electron chi connectivity index (χ3n) is 4.26. The van der Waals surface area contributed by atoms with Crippen molar-refractivity contribution in [3.8, 4) is 5.75 Å². The van der Waals surface area contributed by atoms with E-state index in [1.165, 1.54) is 19.2 Å². The van der Waals surface area contributed by atoms with Gasteiger partial charge in [-0.3, -0.25) is 4.31 Å². The molecule has 29 heavy (non-hydrogen) atoms. The predicted molar refractivity (Wildman–Crippen MR) is 111 cm³/mol. The summed E-state index contributed by atoms with van der Waals surface area (Å²) in [5.74, 6) is 0.0810. The molecule has 2 aromatic rings. The van der Waals surface area contributed by atoms with Gasteiger partial charge in [-0.25, -0.2) is 13.2 Å². The van der Waals surface area contributed by atoms with Gasteiger partial charge in [0.25, 0.3) is 10.0 Å². The van der Waals surface area contributed by atoms with Crippen LogP contribution in [0.25, 0.3) is 0 Å². The quantitative estimate of drug-likeness (QED) is 0.432. The van der Waals surface area contributed by atoms with Crippen LogP contribution in [-0.2, 0) is 19.5 Å². The van der Waals surface area contributed by atoms with E-state index >= 15 is 0 Å². The summed E-state index contributed by atoms with van der Waals surface area (Å²) < 4.78 is 43.0. The summed E-state index contributed by atoms with van der Waals surface area (Å²) in [4.78, 5) is 12.4. The van der Waals surface area contributed by atoms with Crippen molar-refractivity contribution in [1.82, 2.24) is 0 Å². The Hall–Kier alpha value is -2.58. The lowest BCUT2D eigenvalue weighted by Crippen LogP contribution is -2.27. The highest BCUT2D eigenvalue weighted by molar-refractivity contribution is 7.92. The topological polar surface area (TPSA) is 82.1 Å². The molecule has 158 valence electrons. The fraction of sp³-hybridized carbons (Fsp3) is 0.381. The Morgan fingerprint density at radius 1 is 1.00 bits per heavy atom. The number of sulfonamides is 1. The fourth-order valence-corrected chi connectivity index (χ4v) is 3.83. The molecule has 0 aliphatic heterocycles. The number of nitrogens with zero attached hydrogens (tertiary/aromatic N) is 1. The number of ether oxygens (including phenoxy) is 3. The molecule has 0 aromatic heterocycles. The van der Waals surface area contributed by atoms with Crippen molar-refractivity contribution in [3.63, 3.8) is 0 Å². The molecular weight excluding hydrogens is 394 g/mol. The molecule has 0 amide bonds. The van der Waals surface area contributed by atoms with Gasteiger partial charge in [0.05, 0.1) is 29.4 Å². The van der Waals surface area contributed by atoms with Gasteiger partial charge in [0, 0.05) is 13.7 Å². The lowest BCUT2D eigenvalue weighted by Gasteiger charge is -2.20. The molecule has 0 saturated heterocycles. The van der Waals surface area contributed by atoms with Crippen LogP contribution in [0.15, 0.2) is 47.4 Å². The molecular formula is C21H27NO6S. The van der Waals surface area contributed by atoms with Crippen molar-refractivity contribution in [2.45, 2.75) is 25.7 Å². The molecule has 7 nitrogen and oxygen atoms in total. The Morgan fingerprint density at radius 3 is 2.31 bits per heavy atom. The molecule has 0 saturated carbocycles. The highest BCUT2D eigenvalue weighted by Gasteiger charge is 2.24. The van der Waals surface area contributed by atoms with Gasteiger partial charge < -0.3 is 14.2 Å². The van der Waals surface area contributed by atoms with E-state index in [0.29, 0.717) is 36.8 Å². The lowest BCUT2D eigenvalue weighted by molar-refractivity contribution is 0.0334. The number of esters is 1. The minimum Gasteiger partial charge on any atom is -0.494 e. The first-order valence-electron chi connectivity index (χ1n) is 9.38. The summed E-state index contributed by atoms with van der Waals surface area (Å²) in [6.45, 7) is 6.91. The van der Waals surface area contributed by atoms with Crippen LogP contribution in [-0.4, -0.2) is 47.9 Å². The summed E-state index contributed by atoms with van der Waals surface area (Å²) in [7, 11) is -2.40. The van der Waals surface area contributed by atoms with Crippen LogP contribution in [0.2, 0.25) is 0 Å². The SMILES string of the molecule is CCOCCOC(=O)c1cc(S(=O)(=O)N(C)c2ccc(OCC)cc2)ccc1C. The molecule has 0 aliphatic rings. The van der Waals surface area contributed by atoms with Crippen LogP contribution in [0.3, 0.4) is 0 Å². The normalized spacial score (nSPS) is 11.2. The predicted octanol–water partition coefficient (Wildman–Crippen LogP) is 3.41. The first-order valence-corrected chi connectivity index (χ1v) is 10.8. The van der Waals surface area contributed by atoms with Gasteiger partial charge in [-0.2, -0.15) is 0 Å². The zero-order valence-electron chi connectivity index (χ0n) is 17.2. The van der Waals surface area contributed by atoms with E-state index in [1.807, 2.05) is 13.8 Å². The number of carbonyl (C=O) groups is 1. The molecule has 0 unspecified atom stereocenters. The third kappa shape index (κ3) is 5.71. The second kappa shape index (κ2) is 10.3. The Balaban J connectivity index is 2.24. The second-order valence-electron chi connectivity index (χ2n) is 6.21. The van der Waals surface area contributed by atoms with Gasteiger partial charge in [-0.05, 0) is 62.7 Å². The molecule has 0 N–H and O–H groups in total. The number of benzene rings is 2. The smallest absolute Gasteiger partial charge is 0.338 e. The third-order valence-corrected chi connectivity index (χ3v) is 6.05. The zero-order valence-corrected chi connectivity index (χ0v) is 18.0. The highest BCUT2D eigenvalue weighted by atomic mass is 32.2. The van der Waals surface area contributed by atoms with Crippen molar-refractivity contribution in [1.29, 1.82) is 0 Å². The monoisotopic (exact) mass is 421 g/mol. The molecule has 8 heteroatoms. The maximum absolute atomic E-state index is 13.1. The maximum atomic E-state index is 13.1. The van der Waals surface area contributed by atoms with Crippen LogP contribution in [0.1, 0.15) is 29.8 Å². The van der Waals surface area contributed by atoms with Crippen LogP contribution in [0.5, 0.6) is 5.75 Å². The van der Waals surface area contributed by atoms with E-state index < -0.39 is 16.0 Å². The summed E-state index contributed by atoms with van der Waals surface area (Å²) >= 11 is 0. The van der Waals surface area contributed by atoms with Gasteiger partial charge in [0.1, 0.15) is 12.4 Å². The van der Waals surface area contributed by atoms with Crippen LogP contribution >= 0.6 is 0 Å². The first kappa shape index (κ1) is 22.7. The van der Waals surface area contributed by atoms with E-state index in [0.717, 1.165) is 4.31 Å². The summed E-state index contributed by atoms with van der Waals surface area (Å²) in [6.07, 6.45) is 0. The number of carbonyl (C=O) groups excluding carboxylic acids is 1. The molecule has 2 aromatic carbocycles. The Kier molecular flexibility index (Phi) is 8.04. The Labute approximate surface area is 172 Å². The van der Waals surface area contributed by atoms with E-state index in [-0.39, 0.29) is 17.1 Å². The number of aryl methyl sites for hydroxylation is 1. The molecule has 0 fully saturated rings.